The van der Waals surface area contributed by atoms with Crippen LogP contribution in [0.15, 0.2) is 60.7 Å². The Balaban J connectivity index is 1.67. The molecule has 0 spiro atoms. The van der Waals surface area contributed by atoms with Gasteiger partial charge in [-0.15, -0.1) is 0 Å². The van der Waals surface area contributed by atoms with E-state index in [1.54, 1.807) is 36.4 Å². The number of aryl methyl sites for hydroxylation is 1. The Kier molecular flexibility index (Phi) is 14.0. The molecule has 0 aliphatic heterocycles. The molecule has 0 saturated heterocycles. The Bertz CT molecular complexity index is 884. The van der Waals surface area contributed by atoms with Gasteiger partial charge in [-0.05, 0) is 61.2 Å². The quantitative estimate of drug-likeness (QED) is 0.101. The van der Waals surface area contributed by atoms with Crippen molar-refractivity contribution in [3.8, 4) is 17.2 Å². The number of ether oxygens (including phenoxy) is 3. The Morgan fingerprint density at radius 3 is 1.60 bits per heavy atom. The minimum atomic E-state index is -0.648. The highest BCUT2D eigenvalue weighted by Crippen LogP contribution is 2.19. The van der Waals surface area contributed by atoms with E-state index in [0.29, 0.717) is 18.1 Å². The van der Waals surface area contributed by atoms with Gasteiger partial charge in [0.15, 0.2) is 0 Å². The van der Waals surface area contributed by atoms with Crippen LogP contribution in [0.4, 0.5) is 0 Å². The van der Waals surface area contributed by atoms with E-state index in [4.69, 9.17) is 14.2 Å². The monoisotopic (exact) mass is 480 g/mol. The summed E-state index contributed by atoms with van der Waals surface area (Å²) >= 11 is 0. The number of benzene rings is 2. The number of rotatable bonds is 17. The largest absolute Gasteiger partial charge is 0.494 e. The van der Waals surface area contributed by atoms with E-state index in [-0.39, 0.29) is 0 Å². The first-order valence-corrected chi connectivity index (χ1v) is 13.0. The number of carbonyl (C=O) groups is 2. The lowest BCUT2D eigenvalue weighted by molar-refractivity contribution is -0.131. The fraction of sp³-hybridized carbons (Fsp3) is 0.467. The first kappa shape index (κ1) is 28.2. The maximum atomic E-state index is 12.0. The fourth-order valence-corrected chi connectivity index (χ4v) is 3.59. The predicted molar refractivity (Wildman–Crippen MR) is 140 cm³/mol. The lowest BCUT2D eigenvalue weighted by Crippen LogP contribution is -2.08. The van der Waals surface area contributed by atoms with Crippen molar-refractivity contribution in [2.45, 2.75) is 84.5 Å². The maximum Gasteiger partial charge on any atom is 0.336 e. The van der Waals surface area contributed by atoms with Gasteiger partial charge in [-0.1, -0.05) is 77.3 Å². The zero-order valence-electron chi connectivity index (χ0n) is 21.3. The van der Waals surface area contributed by atoms with Crippen LogP contribution in [-0.4, -0.2) is 18.5 Å². The summed E-state index contributed by atoms with van der Waals surface area (Å²) in [7, 11) is 0. The van der Waals surface area contributed by atoms with Crippen LogP contribution < -0.4 is 14.2 Å². The summed E-state index contributed by atoms with van der Waals surface area (Å²) < 4.78 is 16.2. The molecule has 0 atom stereocenters. The first-order chi connectivity index (χ1) is 17.1. The Hall–Kier alpha value is -3.08. The lowest BCUT2D eigenvalue weighted by atomic mass is 10.1. The molecule has 35 heavy (non-hydrogen) atoms. The third kappa shape index (κ3) is 12.8. The van der Waals surface area contributed by atoms with E-state index in [0.717, 1.165) is 30.7 Å². The number of hydrogen-bond donors (Lipinski definition) is 0. The molecule has 2 rings (SSSR count). The van der Waals surface area contributed by atoms with Crippen LogP contribution in [0.1, 0.15) is 83.6 Å². The molecular formula is C30H40O5. The molecule has 0 fully saturated rings. The SMILES string of the molecule is CCCCCCCOc1ccc(OC(=O)C=CC(=O)Oc2ccc(CCCCCCC)cc2)cc1. The minimum absolute atomic E-state index is 0.383. The van der Waals surface area contributed by atoms with Crippen molar-refractivity contribution in [2.24, 2.45) is 0 Å². The van der Waals surface area contributed by atoms with Crippen LogP contribution in [-0.2, 0) is 16.0 Å². The van der Waals surface area contributed by atoms with Crippen molar-refractivity contribution in [3.63, 3.8) is 0 Å². The van der Waals surface area contributed by atoms with Gasteiger partial charge >= 0.3 is 11.9 Å². The zero-order chi connectivity index (χ0) is 25.1. The van der Waals surface area contributed by atoms with Gasteiger partial charge in [-0.2, -0.15) is 0 Å². The van der Waals surface area contributed by atoms with Gasteiger partial charge in [0.2, 0.25) is 0 Å². The van der Waals surface area contributed by atoms with Crippen LogP contribution in [0.3, 0.4) is 0 Å². The summed E-state index contributed by atoms with van der Waals surface area (Å²) in [5.41, 5.74) is 1.23. The fourth-order valence-electron chi connectivity index (χ4n) is 3.59. The van der Waals surface area contributed by atoms with E-state index in [1.165, 1.54) is 63.4 Å². The number of carbonyl (C=O) groups excluding carboxylic acids is 2. The number of esters is 2. The van der Waals surface area contributed by atoms with Crippen LogP contribution >= 0.6 is 0 Å². The van der Waals surface area contributed by atoms with Gasteiger partial charge in [-0.25, -0.2) is 9.59 Å². The van der Waals surface area contributed by atoms with E-state index in [9.17, 15) is 9.59 Å². The van der Waals surface area contributed by atoms with Crippen molar-refractivity contribution < 1.29 is 23.8 Å². The standard InChI is InChI=1S/C30H40O5/c1-3-5-7-9-11-13-25-14-16-27(17-15-25)34-29(31)22-23-30(32)35-28-20-18-26(19-21-28)33-24-12-10-8-6-4-2/h14-23H,3-13,24H2,1-2H3. The summed E-state index contributed by atoms with van der Waals surface area (Å²) in [6.45, 7) is 5.09. The van der Waals surface area contributed by atoms with E-state index >= 15 is 0 Å². The molecule has 0 heterocycles. The molecule has 0 radical (unpaired) electrons. The topological polar surface area (TPSA) is 61.8 Å². The summed E-state index contributed by atoms with van der Waals surface area (Å²) in [6.07, 6.45) is 15.3. The molecule has 0 saturated carbocycles. The van der Waals surface area contributed by atoms with E-state index < -0.39 is 11.9 Å². The van der Waals surface area contributed by atoms with Crippen molar-refractivity contribution >= 4 is 11.9 Å². The highest BCUT2D eigenvalue weighted by atomic mass is 16.5. The van der Waals surface area contributed by atoms with Crippen molar-refractivity contribution in [1.29, 1.82) is 0 Å². The average molecular weight is 481 g/mol. The lowest BCUT2D eigenvalue weighted by Gasteiger charge is -2.07. The molecule has 0 N–H and O–H groups in total. The average Bonchev–Trinajstić information content (AvgIpc) is 2.87. The summed E-state index contributed by atoms with van der Waals surface area (Å²) in [4.78, 5) is 24.0. The third-order valence-electron chi connectivity index (χ3n) is 5.63. The molecule has 0 unspecified atom stereocenters. The Morgan fingerprint density at radius 2 is 1.06 bits per heavy atom. The molecule has 190 valence electrons. The highest BCUT2D eigenvalue weighted by Gasteiger charge is 2.05. The van der Waals surface area contributed by atoms with Gasteiger partial charge in [0.05, 0.1) is 6.61 Å². The Labute approximate surface area is 210 Å². The second kappa shape index (κ2) is 17.4. The molecule has 0 aliphatic rings. The second-order valence-corrected chi connectivity index (χ2v) is 8.72. The smallest absolute Gasteiger partial charge is 0.336 e. The molecule has 0 aromatic heterocycles. The number of hydrogen-bond acceptors (Lipinski definition) is 5. The molecule has 0 bridgehead atoms. The molecule has 0 amide bonds. The predicted octanol–water partition coefficient (Wildman–Crippen LogP) is 7.62. The molecular weight excluding hydrogens is 440 g/mol. The summed E-state index contributed by atoms with van der Waals surface area (Å²) in [5, 5.41) is 0. The summed E-state index contributed by atoms with van der Waals surface area (Å²) in [5.74, 6) is 0.293. The van der Waals surface area contributed by atoms with Gasteiger partial charge in [0, 0.05) is 12.2 Å². The van der Waals surface area contributed by atoms with E-state index in [1.807, 2.05) is 12.1 Å². The molecule has 5 nitrogen and oxygen atoms in total. The molecule has 0 aliphatic carbocycles. The Morgan fingerprint density at radius 1 is 0.600 bits per heavy atom. The highest BCUT2D eigenvalue weighted by molar-refractivity contribution is 5.93. The molecule has 2 aromatic rings. The third-order valence-corrected chi connectivity index (χ3v) is 5.63. The molecule has 5 heteroatoms. The van der Waals surface area contributed by atoms with Crippen LogP contribution in [0.5, 0.6) is 17.2 Å². The maximum absolute atomic E-state index is 12.0. The second-order valence-electron chi connectivity index (χ2n) is 8.72. The van der Waals surface area contributed by atoms with Gasteiger partial charge in [-0.3, -0.25) is 0 Å². The van der Waals surface area contributed by atoms with Crippen LogP contribution in [0.25, 0.3) is 0 Å². The summed E-state index contributed by atoms with van der Waals surface area (Å²) in [6, 6.07) is 14.4. The van der Waals surface area contributed by atoms with Gasteiger partial charge < -0.3 is 14.2 Å². The normalized spacial score (nSPS) is 10.9. The van der Waals surface area contributed by atoms with Crippen molar-refractivity contribution in [3.05, 3.63) is 66.2 Å². The minimum Gasteiger partial charge on any atom is -0.494 e. The van der Waals surface area contributed by atoms with Crippen molar-refractivity contribution in [2.75, 3.05) is 6.61 Å². The van der Waals surface area contributed by atoms with Gasteiger partial charge in [0.1, 0.15) is 17.2 Å². The van der Waals surface area contributed by atoms with Crippen LogP contribution in [0.2, 0.25) is 0 Å². The van der Waals surface area contributed by atoms with E-state index in [2.05, 4.69) is 13.8 Å². The van der Waals surface area contributed by atoms with Gasteiger partial charge in [0.25, 0.3) is 0 Å². The molecule has 2 aromatic carbocycles. The first-order valence-electron chi connectivity index (χ1n) is 13.0. The number of unbranched alkanes of at least 4 members (excludes halogenated alkanes) is 8. The zero-order valence-corrected chi connectivity index (χ0v) is 21.3. The van der Waals surface area contributed by atoms with Crippen molar-refractivity contribution in [1.82, 2.24) is 0 Å². The van der Waals surface area contributed by atoms with Crippen LogP contribution in [0, 0.1) is 0 Å².